The smallest absolute Gasteiger partial charge is 0.226 e. The fraction of sp³-hybridized carbons (Fsp3) is 0.318. The van der Waals surface area contributed by atoms with E-state index in [2.05, 4.69) is 18.8 Å². The highest BCUT2D eigenvalue weighted by atomic mass is 16.5. The fourth-order valence-corrected chi connectivity index (χ4v) is 2.88. The van der Waals surface area contributed by atoms with Crippen molar-refractivity contribution in [1.82, 2.24) is 4.98 Å². The monoisotopic (exact) mass is 351 g/mol. The van der Waals surface area contributed by atoms with Gasteiger partial charge in [-0.3, -0.25) is 0 Å². The zero-order chi connectivity index (χ0) is 18.5. The van der Waals surface area contributed by atoms with Gasteiger partial charge in [0.1, 0.15) is 17.3 Å². The van der Waals surface area contributed by atoms with E-state index in [4.69, 9.17) is 9.15 Å². The molecule has 0 atom stereocenters. The Bertz CT molecular complexity index is 853. The van der Waals surface area contributed by atoms with Crippen LogP contribution >= 0.6 is 0 Å². The molecule has 0 bridgehead atoms. The lowest BCUT2D eigenvalue weighted by molar-refractivity contribution is 0.318. The van der Waals surface area contributed by atoms with Crippen LogP contribution < -0.4 is 4.74 Å². The lowest BCUT2D eigenvalue weighted by atomic mass is 10.0. The third-order valence-corrected chi connectivity index (χ3v) is 4.20. The van der Waals surface area contributed by atoms with Crippen molar-refractivity contribution >= 4 is 0 Å². The standard InChI is InChI=1S/C22H25NO3/c1-15(2)13-18-14-19(9-10-21(18)24)25-12-11-20-16(3)26-22(23-20)17-7-5-4-6-8-17/h4-10,14-15,24H,11-13H2,1-3H3. The van der Waals surface area contributed by atoms with Crippen LogP contribution in [0, 0.1) is 12.8 Å². The van der Waals surface area contributed by atoms with E-state index in [1.165, 1.54) is 0 Å². The number of aromatic hydroxyl groups is 1. The molecule has 136 valence electrons. The Morgan fingerprint density at radius 1 is 1.12 bits per heavy atom. The number of ether oxygens (including phenoxy) is 1. The van der Waals surface area contributed by atoms with E-state index in [9.17, 15) is 5.11 Å². The van der Waals surface area contributed by atoms with Crippen molar-refractivity contribution in [2.45, 2.75) is 33.6 Å². The minimum Gasteiger partial charge on any atom is -0.508 e. The molecular weight excluding hydrogens is 326 g/mol. The third kappa shape index (κ3) is 4.45. The summed E-state index contributed by atoms with van der Waals surface area (Å²) in [5, 5.41) is 9.96. The molecule has 1 heterocycles. The highest BCUT2D eigenvalue weighted by molar-refractivity contribution is 5.53. The number of aryl methyl sites for hydroxylation is 1. The molecule has 26 heavy (non-hydrogen) atoms. The molecule has 0 radical (unpaired) electrons. The summed E-state index contributed by atoms with van der Waals surface area (Å²) in [4.78, 5) is 4.60. The van der Waals surface area contributed by atoms with E-state index < -0.39 is 0 Å². The Hall–Kier alpha value is -2.75. The molecule has 0 fully saturated rings. The third-order valence-electron chi connectivity index (χ3n) is 4.20. The summed E-state index contributed by atoms with van der Waals surface area (Å²) in [6.07, 6.45) is 1.49. The van der Waals surface area contributed by atoms with Crippen LogP contribution in [0.2, 0.25) is 0 Å². The van der Waals surface area contributed by atoms with Crippen LogP contribution in [0.4, 0.5) is 0 Å². The lowest BCUT2D eigenvalue weighted by Crippen LogP contribution is -2.03. The molecule has 0 aliphatic rings. The van der Waals surface area contributed by atoms with Crippen molar-refractivity contribution in [3.05, 3.63) is 65.5 Å². The number of aromatic nitrogens is 1. The van der Waals surface area contributed by atoms with Crippen molar-refractivity contribution in [3.8, 4) is 23.0 Å². The van der Waals surface area contributed by atoms with Crippen molar-refractivity contribution in [3.63, 3.8) is 0 Å². The Morgan fingerprint density at radius 2 is 1.88 bits per heavy atom. The molecule has 0 aliphatic carbocycles. The van der Waals surface area contributed by atoms with Crippen molar-refractivity contribution in [2.75, 3.05) is 6.61 Å². The molecule has 0 saturated heterocycles. The molecule has 3 aromatic rings. The van der Waals surface area contributed by atoms with E-state index in [0.29, 0.717) is 30.6 Å². The average molecular weight is 351 g/mol. The van der Waals surface area contributed by atoms with Crippen LogP contribution in [0.1, 0.15) is 30.9 Å². The zero-order valence-electron chi connectivity index (χ0n) is 15.5. The molecule has 3 rings (SSSR count). The molecule has 0 unspecified atom stereocenters. The van der Waals surface area contributed by atoms with E-state index in [0.717, 1.165) is 34.8 Å². The zero-order valence-corrected chi connectivity index (χ0v) is 15.5. The average Bonchev–Trinajstić information content (AvgIpc) is 2.99. The van der Waals surface area contributed by atoms with Gasteiger partial charge in [-0.05, 0) is 55.2 Å². The van der Waals surface area contributed by atoms with Crippen LogP contribution in [0.25, 0.3) is 11.5 Å². The van der Waals surface area contributed by atoms with Gasteiger partial charge in [-0.2, -0.15) is 0 Å². The van der Waals surface area contributed by atoms with Gasteiger partial charge in [-0.1, -0.05) is 32.0 Å². The Kier molecular flexibility index (Phi) is 5.61. The van der Waals surface area contributed by atoms with Gasteiger partial charge < -0.3 is 14.3 Å². The second kappa shape index (κ2) is 8.09. The van der Waals surface area contributed by atoms with Crippen molar-refractivity contribution < 1.29 is 14.3 Å². The predicted molar refractivity (Wildman–Crippen MR) is 103 cm³/mol. The Morgan fingerprint density at radius 3 is 2.62 bits per heavy atom. The number of hydrogen-bond acceptors (Lipinski definition) is 4. The molecular formula is C22H25NO3. The quantitative estimate of drug-likeness (QED) is 0.637. The minimum atomic E-state index is 0.325. The molecule has 0 amide bonds. The molecule has 0 spiro atoms. The summed E-state index contributed by atoms with van der Waals surface area (Å²) in [7, 11) is 0. The number of phenolic OH excluding ortho intramolecular Hbond substituents is 1. The minimum absolute atomic E-state index is 0.325. The molecule has 2 aromatic carbocycles. The first-order valence-corrected chi connectivity index (χ1v) is 8.99. The maximum atomic E-state index is 9.96. The second-order valence-corrected chi connectivity index (χ2v) is 6.87. The van der Waals surface area contributed by atoms with Gasteiger partial charge in [0, 0.05) is 12.0 Å². The number of nitrogens with zero attached hydrogens (tertiary/aromatic N) is 1. The maximum Gasteiger partial charge on any atom is 0.226 e. The highest BCUT2D eigenvalue weighted by Crippen LogP contribution is 2.26. The van der Waals surface area contributed by atoms with Crippen molar-refractivity contribution in [1.29, 1.82) is 0 Å². The normalized spacial score (nSPS) is 11.1. The van der Waals surface area contributed by atoms with E-state index in [-0.39, 0.29) is 0 Å². The molecule has 0 saturated carbocycles. The van der Waals surface area contributed by atoms with Crippen LogP contribution in [-0.2, 0) is 12.8 Å². The molecule has 4 nitrogen and oxygen atoms in total. The predicted octanol–water partition coefficient (Wildman–Crippen LogP) is 5.18. The van der Waals surface area contributed by atoms with Crippen LogP contribution in [0.15, 0.2) is 52.9 Å². The fourth-order valence-electron chi connectivity index (χ4n) is 2.88. The number of hydrogen-bond donors (Lipinski definition) is 1. The van der Waals surface area contributed by atoms with Crippen molar-refractivity contribution in [2.24, 2.45) is 5.92 Å². The number of oxazole rings is 1. The Labute approximate surface area is 154 Å². The lowest BCUT2D eigenvalue weighted by Gasteiger charge is -2.11. The molecule has 1 N–H and O–H groups in total. The summed E-state index contributed by atoms with van der Waals surface area (Å²) in [5.74, 6) is 3.03. The molecule has 0 aliphatic heterocycles. The van der Waals surface area contributed by atoms with Gasteiger partial charge in [0.15, 0.2) is 0 Å². The first-order valence-electron chi connectivity index (χ1n) is 8.99. The molecule has 4 heteroatoms. The van der Waals surface area contributed by atoms with Crippen LogP contribution in [-0.4, -0.2) is 16.7 Å². The van der Waals surface area contributed by atoms with E-state index in [1.807, 2.05) is 43.3 Å². The van der Waals surface area contributed by atoms with Gasteiger partial charge in [0.25, 0.3) is 0 Å². The van der Waals surface area contributed by atoms with E-state index >= 15 is 0 Å². The summed E-state index contributed by atoms with van der Waals surface area (Å²) in [6, 6.07) is 15.3. The highest BCUT2D eigenvalue weighted by Gasteiger charge is 2.12. The van der Waals surface area contributed by atoms with Gasteiger partial charge in [0.05, 0.1) is 12.3 Å². The number of phenols is 1. The van der Waals surface area contributed by atoms with Crippen LogP contribution in [0.3, 0.4) is 0 Å². The molecule has 1 aromatic heterocycles. The van der Waals surface area contributed by atoms with Gasteiger partial charge in [-0.15, -0.1) is 0 Å². The first-order chi connectivity index (χ1) is 12.5. The summed E-state index contributed by atoms with van der Waals surface area (Å²) >= 11 is 0. The van der Waals surface area contributed by atoms with E-state index in [1.54, 1.807) is 12.1 Å². The SMILES string of the molecule is Cc1oc(-c2ccccc2)nc1CCOc1ccc(O)c(CC(C)C)c1. The maximum absolute atomic E-state index is 9.96. The summed E-state index contributed by atoms with van der Waals surface area (Å²) in [6.45, 7) is 6.69. The number of rotatable bonds is 7. The van der Waals surface area contributed by atoms with Gasteiger partial charge in [-0.25, -0.2) is 4.98 Å². The summed E-state index contributed by atoms with van der Waals surface area (Å²) in [5.41, 5.74) is 2.80. The van der Waals surface area contributed by atoms with Gasteiger partial charge in [0.2, 0.25) is 5.89 Å². The largest absolute Gasteiger partial charge is 0.508 e. The second-order valence-electron chi connectivity index (χ2n) is 6.87. The topological polar surface area (TPSA) is 55.5 Å². The van der Waals surface area contributed by atoms with Gasteiger partial charge >= 0.3 is 0 Å². The Balaban J connectivity index is 1.63. The first kappa shape index (κ1) is 18.1. The number of benzene rings is 2. The summed E-state index contributed by atoms with van der Waals surface area (Å²) < 4.78 is 11.6. The van der Waals surface area contributed by atoms with Crippen LogP contribution in [0.5, 0.6) is 11.5 Å².